The molecule has 0 spiro atoms. The maximum atomic E-state index is 11.6. The van der Waals surface area contributed by atoms with E-state index in [0.29, 0.717) is 0 Å². The highest BCUT2D eigenvalue weighted by Gasteiger charge is 2.31. The summed E-state index contributed by atoms with van der Waals surface area (Å²) in [7, 11) is 0. The van der Waals surface area contributed by atoms with E-state index in [4.69, 9.17) is 17.3 Å². The van der Waals surface area contributed by atoms with Crippen molar-refractivity contribution in [2.45, 2.75) is 6.36 Å². The van der Waals surface area contributed by atoms with Gasteiger partial charge in [0.15, 0.2) is 0 Å². The maximum absolute atomic E-state index is 11.6. The van der Waals surface area contributed by atoms with Gasteiger partial charge in [-0.2, -0.15) is 4.98 Å². The summed E-state index contributed by atoms with van der Waals surface area (Å²) in [4.78, 5) is 3.26. The second kappa shape index (κ2) is 3.29. The molecule has 0 aliphatic carbocycles. The van der Waals surface area contributed by atoms with Crippen LogP contribution in [0, 0.1) is 0 Å². The van der Waals surface area contributed by atoms with Gasteiger partial charge in [0.1, 0.15) is 5.82 Å². The van der Waals surface area contributed by atoms with Crippen LogP contribution in [0.3, 0.4) is 0 Å². The van der Waals surface area contributed by atoms with Gasteiger partial charge in [0.25, 0.3) is 0 Å². The summed E-state index contributed by atoms with van der Waals surface area (Å²) in [5, 5.41) is 0.0783. The highest BCUT2D eigenvalue weighted by atomic mass is 35.5. The van der Waals surface area contributed by atoms with E-state index < -0.39 is 12.2 Å². The lowest BCUT2D eigenvalue weighted by Gasteiger charge is -2.07. The zero-order valence-electron chi connectivity index (χ0n) is 6.10. The smallest absolute Gasteiger partial charge is 0.388 e. The molecule has 72 valence electrons. The van der Waals surface area contributed by atoms with Gasteiger partial charge in [-0.05, 0) is 6.07 Å². The summed E-state index contributed by atoms with van der Waals surface area (Å²) in [6.07, 6.45) is -4.77. The molecule has 0 atom stereocenters. The monoisotopic (exact) mass is 212 g/mol. The van der Waals surface area contributed by atoms with Gasteiger partial charge in [0.05, 0.1) is 5.02 Å². The molecule has 1 rings (SSSR count). The number of rotatable bonds is 1. The molecule has 13 heavy (non-hydrogen) atoms. The number of anilines is 1. The lowest BCUT2D eigenvalue weighted by atomic mass is 10.4. The molecule has 0 unspecified atom stereocenters. The van der Waals surface area contributed by atoms with Gasteiger partial charge in [-0.25, -0.2) is 0 Å². The largest absolute Gasteiger partial charge is 0.574 e. The Morgan fingerprint density at radius 2 is 2.00 bits per heavy atom. The third kappa shape index (κ3) is 2.98. The molecule has 0 radical (unpaired) electrons. The molecule has 3 nitrogen and oxygen atoms in total. The van der Waals surface area contributed by atoms with Crippen LogP contribution in [0.2, 0.25) is 5.02 Å². The molecule has 1 heterocycles. The number of pyridine rings is 1. The van der Waals surface area contributed by atoms with E-state index in [1.54, 1.807) is 0 Å². The standard InChI is InChI=1S/C6H4ClF3N2O/c7-3-1-2-4(12-5(3)11)13-6(8,9)10/h1-2H,(H2,11,12). The molecule has 0 aliphatic rings. The molecule has 0 bridgehead atoms. The number of nitrogens with zero attached hydrogens (tertiary/aromatic N) is 1. The Hall–Kier alpha value is -1.17. The average Bonchev–Trinajstić information content (AvgIpc) is 1.94. The number of hydrogen-bond acceptors (Lipinski definition) is 3. The molecular formula is C6H4ClF3N2O. The molecule has 0 aliphatic heterocycles. The van der Waals surface area contributed by atoms with E-state index >= 15 is 0 Å². The fourth-order valence-electron chi connectivity index (χ4n) is 0.615. The average molecular weight is 213 g/mol. The SMILES string of the molecule is Nc1nc(OC(F)(F)F)ccc1Cl. The first kappa shape index (κ1) is 9.91. The van der Waals surface area contributed by atoms with E-state index in [0.717, 1.165) is 6.07 Å². The molecule has 1 aromatic heterocycles. The van der Waals surface area contributed by atoms with Gasteiger partial charge in [0.2, 0.25) is 5.88 Å². The summed E-state index contributed by atoms with van der Waals surface area (Å²) in [5.74, 6) is -0.835. The zero-order chi connectivity index (χ0) is 10.1. The minimum atomic E-state index is -4.77. The van der Waals surface area contributed by atoms with Crippen LogP contribution in [0.5, 0.6) is 5.88 Å². The number of ether oxygens (including phenoxy) is 1. The molecule has 1 aromatic rings. The molecule has 7 heteroatoms. The number of aromatic nitrogens is 1. The Balaban J connectivity index is 2.86. The Kier molecular flexibility index (Phi) is 2.51. The van der Waals surface area contributed by atoms with Gasteiger partial charge >= 0.3 is 6.36 Å². The first-order valence-electron chi connectivity index (χ1n) is 3.06. The van der Waals surface area contributed by atoms with E-state index in [2.05, 4.69) is 9.72 Å². The van der Waals surface area contributed by atoms with Crippen LogP contribution in [0.4, 0.5) is 19.0 Å². The van der Waals surface area contributed by atoms with Crippen molar-refractivity contribution in [3.63, 3.8) is 0 Å². The quantitative estimate of drug-likeness (QED) is 0.777. The Morgan fingerprint density at radius 1 is 1.38 bits per heavy atom. The van der Waals surface area contributed by atoms with Gasteiger partial charge in [0, 0.05) is 6.07 Å². The first-order valence-corrected chi connectivity index (χ1v) is 3.44. The number of nitrogens with two attached hydrogens (primary N) is 1. The third-order valence-electron chi connectivity index (χ3n) is 1.07. The number of alkyl halides is 3. The van der Waals surface area contributed by atoms with Crippen molar-refractivity contribution in [1.82, 2.24) is 4.98 Å². The third-order valence-corrected chi connectivity index (χ3v) is 1.39. The second-order valence-electron chi connectivity index (χ2n) is 2.06. The summed E-state index contributed by atoms with van der Waals surface area (Å²) in [5.41, 5.74) is 5.15. The van der Waals surface area contributed by atoms with E-state index in [1.807, 2.05) is 0 Å². The van der Waals surface area contributed by atoms with Crippen molar-refractivity contribution >= 4 is 17.4 Å². The Morgan fingerprint density at radius 3 is 2.46 bits per heavy atom. The maximum Gasteiger partial charge on any atom is 0.574 e. The van der Waals surface area contributed by atoms with Crippen LogP contribution in [-0.2, 0) is 0 Å². The van der Waals surface area contributed by atoms with Gasteiger partial charge in [-0.15, -0.1) is 13.2 Å². The minimum Gasteiger partial charge on any atom is -0.388 e. The highest BCUT2D eigenvalue weighted by Crippen LogP contribution is 2.24. The molecule has 0 aromatic carbocycles. The van der Waals surface area contributed by atoms with Gasteiger partial charge in [-0.3, -0.25) is 0 Å². The van der Waals surface area contributed by atoms with Gasteiger partial charge in [-0.1, -0.05) is 11.6 Å². The summed E-state index contributed by atoms with van der Waals surface area (Å²) >= 11 is 5.43. The summed E-state index contributed by atoms with van der Waals surface area (Å²) in [6, 6.07) is 2.15. The fourth-order valence-corrected chi connectivity index (χ4v) is 0.720. The molecular weight excluding hydrogens is 209 g/mol. The minimum absolute atomic E-state index is 0.0783. The topological polar surface area (TPSA) is 48.1 Å². The molecule has 0 saturated carbocycles. The van der Waals surface area contributed by atoms with Crippen molar-refractivity contribution in [1.29, 1.82) is 0 Å². The van der Waals surface area contributed by atoms with Crippen molar-refractivity contribution in [2.75, 3.05) is 5.73 Å². The van der Waals surface area contributed by atoms with Crippen LogP contribution in [0.15, 0.2) is 12.1 Å². The van der Waals surface area contributed by atoms with Gasteiger partial charge < -0.3 is 10.5 Å². The van der Waals surface area contributed by atoms with Crippen LogP contribution in [0.1, 0.15) is 0 Å². The van der Waals surface area contributed by atoms with E-state index in [1.165, 1.54) is 6.07 Å². The number of hydrogen-bond donors (Lipinski definition) is 1. The van der Waals surface area contributed by atoms with Crippen molar-refractivity contribution in [3.05, 3.63) is 17.2 Å². The van der Waals surface area contributed by atoms with E-state index in [9.17, 15) is 13.2 Å². The second-order valence-corrected chi connectivity index (χ2v) is 2.47. The molecule has 0 amide bonds. The fraction of sp³-hybridized carbons (Fsp3) is 0.167. The number of nitrogen functional groups attached to an aromatic ring is 1. The lowest BCUT2D eigenvalue weighted by molar-refractivity contribution is -0.276. The summed E-state index contributed by atoms with van der Waals surface area (Å²) < 4.78 is 38.4. The van der Waals surface area contributed by atoms with Crippen LogP contribution < -0.4 is 10.5 Å². The van der Waals surface area contributed by atoms with Crippen molar-refractivity contribution < 1.29 is 17.9 Å². The zero-order valence-corrected chi connectivity index (χ0v) is 6.86. The highest BCUT2D eigenvalue weighted by molar-refractivity contribution is 6.32. The normalized spacial score (nSPS) is 11.4. The first-order chi connectivity index (χ1) is 5.88. The molecule has 0 fully saturated rings. The number of halogens is 4. The molecule has 0 saturated heterocycles. The molecule has 2 N–H and O–H groups in total. The van der Waals surface area contributed by atoms with Crippen LogP contribution in [-0.4, -0.2) is 11.3 Å². The lowest BCUT2D eigenvalue weighted by Crippen LogP contribution is -2.18. The van der Waals surface area contributed by atoms with Crippen LogP contribution in [0.25, 0.3) is 0 Å². The van der Waals surface area contributed by atoms with Crippen molar-refractivity contribution in [2.24, 2.45) is 0 Å². The summed E-state index contributed by atoms with van der Waals surface area (Å²) in [6.45, 7) is 0. The van der Waals surface area contributed by atoms with E-state index in [-0.39, 0.29) is 10.8 Å². The Labute approximate surface area is 76.3 Å². The van der Waals surface area contributed by atoms with Crippen molar-refractivity contribution in [3.8, 4) is 5.88 Å². The predicted molar refractivity (Wildman–Crippen MR) is 40.3 cm³/mol. The van der Waals surface area contributed by atoms with Crippen LogP contribution >= 0.6 is 11.6 Å². The predicted octanol–water partition coefficient (Wildman–Crippen LogP) is 2.22. The Bertz CT molecular complexity index is 315.